The average molecular weight is 284 g/mol. The number of aromatic carboxylic acids is 1. The molecule has 5 heteroatoms. The third-order valence-electron chi connectivity index (χ3n) is 2.57. The molecular weight excluding hydrogens is 274 g/mol. The zero-order chi connectivity index (χ0) is 11.7. The number of anilines is 1. The first kappa shape index (κ1) is 11.1. The monoisotopic (exact) mass is 283 g/mol. The molecule has 0 spiro atoms. The summed E-state index contributed by atoms with van der Waals surface area (Å²) in [5.41, 5.74) is 0.638. The second-order valence-electron chi connectivity index (χ2n) is 3.57. The van der Waals surface area contributed by atoms with Crippen LogP contribution in [0.1, 0.15) is 16.8 Å². The van der Waals surface area contributed by atoms with Crippen molar-refractivity contribution in [1.29, 1.82) is 0 Å². The Bertz CT molecular complexity index is 447. The molecule has 1 saturated heterocycles. The third kappa shape index (κ3) is 1.82. The van der Waals surface area contributed by atoms with Gasteiger partial charge in [0.1, 0.15) is 0 Å². The number of carboxylic acid groups (broad SMARTS) is 1. The van der Waals surface area contributed by atoms with Gasteiger partial charge in [-0.3, -0.25) is 4.79 Å². The minimum absolute atomic E-state index is 0.0753. The molecule has 1 N–H and O–H groups in total. The van der Waals surface area contributed by atoms with Gasteiger partial charge in [-0.25, -0.2) is 4.79 Å². The predicted molar refractivity (Wildman–Crippen MR) is 63.1 cm³/mol. The number of para-hydroxylation sites is 1. The van der Waals surface area contributed by atoms with Crippen LogP contribution in [-0.4, -0.2) is 28.4 Å². The maximum Gasteiger partial charge on any atom is 0.337 e. The number of benzene rings is 1. The van der Waals surface area contributed by atoms with Crippen molar-refractivity contribution >= 4 is 33.5 Å². The van der Waals surface area contributed by atoms with Crippen molar-refractivity contribution in [3.63, 3.8) is 0 Å². The fourth-order valence-corrected chi connectivity index (χ4v) is 2.23. The summed E-state index contributed by atoms with van der Waals surface area (Å²) in [7, 11) is 0. The highest BCUT2D eigenvalue weighted by atomic mass is 79.9. The number of nitrogens with zero attached hydrogens (tertiary/aromatic N) is 1. The number of alkyl halides is 1. The Balaban J connectivity index is 2.41. The molecule has 1 atom stereocenters. The fourth-order valence-electron chi connectivity index (χ4n) is 1.77. The van der Waals surface area contributed by atoms with E-state index in [0.29, 0.717) is 18.7 Å². The topological polar surface area (TPSA) is 57.6 Å². The van der Waals surface area contributed by atoms with Gasteiger partial charge in [0.25, 0.3) is 0 Å². The molecule has 0 radical (unpaired) electrons. The molecule has 0 bridgehead atoms. The van der Waals surface area contributed by atoms with Gasteiger partial charge < -0.3 is 10.0 Å². The normalized spacial score (nSPS) is 20.2. The summed E-state index contributed by atoms with van der Waals surface area (Å²) in [6.45, 7) is 0.555. The van der Waals surface area contributed by atoms with Crippen LogP contribution in [0.15, 0.2) is 24.3 Å². The van der Waals surface area contributed by atoms with Crippen LogP contribution in [0.3, 0.4) is 0 Å². The zero-order valence-electron chi connectivity index (χ0n) is 8.39. The lowest BCUT2D eigenvalue weighted by atomic mass is 10.1. The van der Waals surface area contributed by atoms with Crippen LogP contribution in [0.4, 0.5) is 5.69 Å². The maximum absolute atomic E-state index is 11.8. The van der Waals surface area contributed by atoms with Gasteiger partial charge in [-0.15, -0.1) is 0 Å². The highest BCUT2D eigenvalue weighted by molar-refractivity contribution is 9.10. The van der Waals surface area contributed by atoms with Crippen molar-refractivity contribution in [1.82, 2.24) is 0 Å². The van der Waals surface area contributed by atoms with E-state index in [0.717, 1.165) is 0 Å². The summed E-state index contributed by atoms with van der Waals surface area (Å²) in [5.74, 6) is -1.09. The Hall–Kier alpha value is -1.36. The van der Waals surface area contributed by atoms with Crippen LogP contribution >= 0.6 is 15.9 Å². The minimum atomic E-state index is -1.01. The van der Waals surface area contributed by atoms with Crippen LogP contribution in [-0.2, 0) is 4.79 Å². The molecule has 1 unspecified atom stereocenters. The van der Waals surface area contributed by atoms with Crippen molar-refractivity contribution in [2.45, 2.75) is 11.2 Å². The van der Waals surface area contributed by atoms with Crippen LogP contribution in [0.25, 0.3) is 0 Å². The van der Waals surface area contributed by atoms with E-state index in [-0.39, 0.29) is 16.3 Å². The van der Waals surface area contributed by atoms with Crippen LogP contribution in [0.5, 0.6) is 0 Å². The number of carboxylic acids is 1. The van der Waals surface area contributed by atoms with Gasteiger partial charge in [-0.1, -0.05) is 28.1 Å². The van der Waals surface area contributed by atoms with E-state index in [9.17, 15) is 9.59 Å². The highest BCUT2D eigenvalue weighted by Gasteiger charge is 2.32. The third-order valence-corrected chi connectivity index (χ3v) is 3.41. The van der Waals surface area contributed by atoms with Crippen LogP contribution in [0, 0.1) is 0 Å². The molecule has 1 heterocycles. The van der Waals surface area contributed by atoms with E-state index < -0.39 is 5.97 Å². The minimum Gasteiger partial charge on any atom is -0.478 e. The molecule has 1 aliphatic heterocycles. The van der Waals surface area contributed by atoms with E-state index in [1.807, 2.05) is 0 Å². The van der Waals surface area contributed by atoms with Crippen molar-refractivity contribution in [3.8, 4) is 0 Å². The number of hydrogen-bond acceptors (Lipinski definition) is 2. The summed E-state index contributed by atoms with van der Waals surface area (Å²) in [4.78, 5) is 24.1. The quantitative estimate of drug-likeness (QED) is 0.844. The Kier molecular flexibility index (Phi) is 2.96. The smallest absolute Gasteiger partial charge is 0.337 e. The largest absolute Gasteiger partial charge is 0.478 e. The van der Waals surface area contributed by atoms with E-state index >= 15 is 0 Å². The summed E-state index contributed by atoms with van der Waals surface area (Å²) in [6, 6.07) is 6.55. The molecule has 84 valence electrons. The van der Waals surface area contributed by atoms with E-state index in [2.05, 4.69) is 15.9 Å². The first-order chi connectivity index (χ1) is 7.61. The number of carbonyl (C=O) groups is 2. The molecule has 1 aromatic carbocycles. The number of carbonyl (C=O) groups excluding carboxylic acids is 1. The predicted octanol–water partition coefficient (Wildman–Crippen LogP) is 1.89. The van der Waals surface area contributed by atoms with Gasteiger partial charge in [0.2, 0.25) is 5.91 Å². The molecule has 0 saturated carbocycles. The molecule has 2 rings (SSSR count). The number of halogens is 1. The molecule has 1 amide bonds. The van der Waals surface area contributed by atoms with Gasteiger partial charge in [-0.2, -0.15) is 0 Å². The van der Waals surface area contributed by atoms with Gasteiger partial charge in [-0.05, 0) is 18.6 Å². The highest BCUT2D eigenvalue weighted by Crippen LogP contribution is 2.28. The maximum atomic E-state index is 11.8. The summed E-state index contributed by atoms with van der Waals surface area (Å²) in [6.07, 6.45) is 0.701. The molecule has 1 fully saturated rings. The molecular formula is C11H10BrNO3. The Morgan fingerprint density at radius 2 is 2.12 bits per heavy atom. The van der Waals surface area contributed by atoms with Gasteiger partial charge in [0.05, 0.1) is 16.1 Å². The lowest BCUT2D eigenvalue weighted by Crippen LogP contribution is -2.28. The van der Waals surface area contributed by atoms with E-state index in [4.69, 9.17) is 5.11 Å². The molecule has 0 aliphatic carbocycles. The second kappa shape index (κ2) is 4.25. The molecule has 1 aliphatic rings. The summed E-state index contributed by atoms with van der Waals surface area (Å²) >= 11 is 3.26. The molecule has 1 aromatic rings. The number of amides is 1. The fraction of sp³-hybridized carbons (Fsp3) is 0.273. The number of hydrogen-bond donors (Lipinski definition) is 1. The first-order valence-corrected chi connectivity index (χ1v) is 5.80. The lowest BCUT2D eigenvalue weighted by molar-refractivity contribution is -0.116. The van der Waals surface area contributed by atoms with Crippen molar-refractivity contribution in [2.75, 3.05) is 11.4 Å². The lowest BCUT2D eigenvalue weighted by Gasteiger charge is -2.17. The van der Waals surface area contributed by atoms with E-state index in [1.54, 1.807) is 18.2 Å². The van der Waals surface area contributed by atoms with Crippen molar-refractivity contribution in [2.24, 2.45) is 0 Å². The average Bonchev–Trinajstić information content (AvgIpc) is 2.60. The van der Waals surface area contributed by atoms with Gasteiger partial charge in [0, 0.05) is 6.54 Å². The van der Waals surface area contributed by atoms with Crippen LogP contribution in [0.2, 0.25) is 0 Å². The van der Waals surface area contributed by atoms with Crippen LogP contribution < -0.4 is 4.90 Å². The van der Waals surface area contributed by atoms with Crippen molar-refractivity contribution < 1.29 is 14.7 Å². The standard InChI is InChI=1S/C11H10BrNO3/c12-8-5-6-13(10(8)14)9-4-2-1-3-7(9)11(15)16/h1-4,8H,5-6H2,(H,15,16). The molecule has 16 heavy (non-hydrogen) atoms. The molecule has 4 nitrogen and oxygen atoms in total. The van der Waals surface area contributed by atoms with E-state index in [1.165, 1.54) is 11.0 Å². The summed E-state index contributed by atoms with van der Waals surface area (Å²) < 4.78 is 0. The Labute approximate surface area is 101 Å². The second-order valence-corrected chi connectivity index (χ2v) is 4.67. The SMILES string of the molecule is O=C(O)c1ccccc1N1CCC(Br)C1=O. The van der Waals surface area contributed by atoms with Gasteiger partial charge >= 0.3 is 5.97 Å². The Morgan fingerprint density at radius 1 is 1.44 bits per heavy atom. The number of rotatable bonds is 2. The Morgan fingerprint density at radius 3 is 2.69 bits per heavy atom. The molecule has 0 aromatic heterocycles. The summed E-state index contributed by atoms with van der Waals surface area (Å²) in [5, 5.41) is 9.03. The van der Waals surface area contributed by atoms with Gasteiger partial charge in [0.15, 0.2) is 0 Å². The zero-order valence-corrected chi connectivity index (χ0v) is 9.98. The van der Waals surface area contributed by atoms with Crippen molar-refractivity contribution in [3.05, 3.63) is 29.8 Å². The first-order valence-electron chi connectivity index (χ1n) is 4.89.